The lowest BCUT2D eigenvalue weighted by Gasteiger charge is -2.26. The Morgan fingerprint density at radius 2 is 1.95 bits per heavy atom. The van der Waals surface area contributed by atoms with Gasteiger partial charge in [0.05, 0.1) is 0 Å². The average molecular weight is 274 g/mol. The zero-order chi connectivity index (χ0) is 14.1. The number of carbonyl (C=O) groups is 1. The molecule has 20 heavy (non-hydrogen) atoms. The van der Waals surface area contributed by atoms with E-state index in [0.717, 1.165) is 19.3 Å². The summed E-state index contributed by atoms with van der Waals surface area (Å²) in [5, 5.41) is 0.216. The van der Waals surface area contributed by atoms with Gasteiger partial charge in [0.2, 0.25) is 5.43 Å². The number of amides is 1. The number of piperidine rings is 1. The van der Waals surface area contributed by atoms with Crippen LogP contribution in [0.4, 0.5) is 4.39 Å². The number of nitrogens with one attached hydrogen (secondary N) is 1. The van der Waals surface area contributed by atoms with Crippen LogP contribution < -0.4 is 5.43 Å². The van der Waals surface area contributed by atoms with Crippen LogP contribution in [-0.4, -0.2) is 28.9 Å². The molecule has 1 fully saturated rings. The summed E-state index contributed by atoms with van der Waals surface area (Å²) in [6.45, 7) is 1.36. The van der Waals surface area contributed by atoms with E-state index in [0.29, 0.717) is 18.6 Å². The van der Waals surface area contributed by atoms with E-state index in [2.05, 4.69) is 4.98 Å². The maximum atomic E-state index is 13.3. The molecule has 0 atom stereocenters. The van der Waals surface area contributed by atoms with Crippen molar-refractivity contribution in [3.05, 3.63) is 46.0 Å². The Labute approximate surface area is 115 Å². The smallest absolute Gasteiger partial charge is 0.259 e. The van der Waals surface area contributed by atoms with E-state index in [1.165, 1.54) is 24.4 Å². The number of hydrogen-bond acceptors (Lipinski definition) is 2. The van der Waals surface area contributed by atoms with Crippen molar-refractivity contribution in [3.63, 3.8) is 0 Å². The normalized spacial score (nSPS) is 15.6. The highest BCUT2D eigenvalue weighted by Crippen LogP contribution is 2.14. The van der Waals surface area contributed by atoms with Gasteiger partial charge >= 0.3 is 0 Å². The van der Waals surface area contributed by atoms with E-state index < -0.39 is 11.2 Å². The standard InChI is InChI=1S/C15H15FN2O2/c16-10-4-5-13-11(8-10)14(19)12(9-17-13)15(20)18-6-2-1-3-7-18/h4-5,8-9H,1-3,6-7H2,(H,17,19). The summed E-state index contributed by atoms with van der Waals surface area (Å²) in [5.74, 6) is -0.748. The molecule has 0 bridgehead atoms. The fourth-order valence-electron chi connectivity index (χ4n) is 2.62. The van der Waals surface area contributed by atoms with Crippen LogP contribution in [0.1, 0.15) is 29.6 Å². The molecule has 3 rings (SSSR count). The molecule has 0 aliphatic carbocycles. The number of carbonyl (C=O) groups excluding carboxylic acids is 1. The molecular weight excluding hydrogens is 259 g/mol. The molecular formula is C15H15FN2O2. The third kappa shape index (κ3) is 2.19. The van der Waals surface area contributed by atoms with Gasteiger partial charge < -0.3 is 9.88 Å². The lowest BCUT2D eigenvalue weighted by molar-refractivity contribution is 0.0723. The van der Waals surface area contributed by atoms with Crippen LogP contribution in [0, 0.1) is 5.82 Å². The Bertz CT molecular complexity index is 717. The van der Waals surface area contributed by atoms with Crippen LogP contribution in [-0.2, 0) is 0 Å². The molecule has 5 heteroatoms. The molecule has 1 aromatic heterocycles. The van der Waals surface area contributed by atoms with Gasteiger partial charge in [0.25, 0.3) is 5.91 Å². The Balaban J connectivity index is 2.05. The number of H-pyrrole nitrogens is 1. The van der Waals surface area contributed by atoms with Gasteiger partial charge in [0.15, 0.2) is 0 Å². The molecule has 1 N–H and O–H groups in total. The Kier molecular flexibility index (Phi) is 3.26. The summed E-state index contributed by atoms with van der Waals surface area (Å²) >= 11 is 0. The lowest BCUT2D eigenvalue weighted by Crippen LogP contribution is -2.38. The minimum atomic E-state index is -0.481. The van der Waals surface area contributed by atoms with Crippen molar-refractivity contribution >= 4 is 16.8 Å². The minimum Gasteiger partial charge on any atom is -0.360 e. The first-order valence-electron chi connectivity index (χ1n) is 6.77. The number of pyridine rings is 1. The fourth-order valence-corrected chi connectivity index (χ4v) is 2.62. The van der Waals surface area contributed by atoms with Crippen molar-refractivity contribution in [3.8, 4) is 0 Å². The van der Waals surface area contributed by atoms with Gasteiger partial charge in [-0.15, -0.1) is 0 Å². The van der Waals surface area contributed by atoms with Gasteiger partial charge in [-0.25, -0.2) is 4.39 Å². The number of likely N-dealkylation sites (tertiary alicyclic amines) is 1. The summed E-state index contributed by atoms with van der Waals surface area (Å²) in [5.41, 5.74) is 0.213. The van der Waals surface area contributed by atoms with E-state index in [1.54, 1.807) is 4.90 Å². The number of hydrogen-bond donors (Lipinski definition) is 1. The van der Waals surface area contributed by atoms with Gasteiger partial charge in [-0.2, -0.15) is 0 Å². The molecule has 0 radical (unpaired) electrons. The summed E-state index contributed by atoms with van der Waals surface area (Å²) in [6, 6.07) is 3.95. The van der Waals surface area contributed by atoms with E-state index in [1.807, 2.05) is 0 Å². The number of aromatic nitrogens is 1. The quantitative estimate of drug-likeness (QED) is 0.867. The number of fused-ring (bicyclic) bond motifs is 1. The van der Waals surface area contributed by atoms with E-state index in [9.17, 15) is 14.0 Å². The van der Waals surface area contributed by atoms with E-state index in [4.69, 9.17) is 0 Å². The van der Waals surface area contributed by atoms with Crippen molar-refractivity contribution in [2.45, 2.75) is 19.3 Å². The summed E-state index contributed by atoms with van der Waals surface area (Å²) < 4.78 is 13.3. The Hall–Kier alpha value is -2.17. The van der Waals surface area contributed by atoms with E-state index >= 15 is 0 Å². The molecule has 104 valence electrons. The first-order valence-corrected chi connectivity index (χ1v) is 6.77. The maximum absolute atomic E-state index is 13.3. The second-order valence-electron chi connectivity index (χ2n) is 5.07. The molecule has 2 heterocycles. The highest BCUT2D eigenvalue weighted by atomic mass is 19.1. The van der Waals surface area contributed by atoms with Crippen LogP contribution in [0.25, 0.3) is 10.9 Å². The molecule has 1 aliphatic heterocycles. The number of benzene rings is 1. The SMILES string of the molecule is O=C(c1c[nH]c2ccc(F)cc2c1=O)N1CCCCC1. The van der Waals surface area contributed by atoms with Crippen molar-refractivity contribution < 1.29 is 9.18 Å². The fraction of sp³-hybridized carbons (Fsp3) is 0.333. The lowest BCUT2D eigenvalue weighted by atomic mass is 10.1. The van der Waals surface area contributed by atoms with Gasteiger partial charge in [-0.1, -0.05) is 0 Å². The van der Waals surface area contributed by atoms with Gasteiger partial charge in [-0.3, -0.25) is 9.59 Å². The highest BCUT2D eigenvalue weighted by molar-refractivity contribution is 5.97. The number of halogens is 1. The largest absolute Gasteiger partial charge is 0.360 e. The first kappa shape index (κ1) is 12.8. The summed E-state index contributed by atoms with van der Waals surface area (Å²) in [7, 11) is 0. The zero-order valence-electron chi connectivity index (χ0n) is 11.0. The van der Waals surface area contributed by atoms with Gasteiger partial charge in [0, 0.05) is 30.2 Å². The number of aromatic amines is 1. The Morgan fingerprint density at radius 1 is 1.20 bits per heavy atom. The molecule has 0 saturated carbocycles. The average Bonchev–Trinajstić information content (AvgIpc) is 2.48. The molecule has 1 saturated heterocycles. The summed E-state index contributed by atoms with van der Waals surface area (Å²) in [6.07, 6.45) is 4.47. The Morgan fingerprint density at radius 3 is 2.70 bits per heavy atom. The minimum absolute atomic E-state index is 0.0880. The van der Waals surface area contributed by atoms with Crippen molar-refractivity contribution in [1.82, 2.24) is 9.88 Å². The molecule has 1 aromatic carbocycles. The first-order chi connectivity index (χ1) is 9.66. The third-order valence-electron chi connectivity index (χ3n) is 3.72. The van der Waals surface area contributed by atoms with Gasteiger partial charge in [0.1, 0.15) is 11.4 Å². The number of nitrogens with zero attached hydrogens (tertiary/aromatic N) is 1. The molecule has 1 amide bonds. The zero-order valence-corrected chi connectivity index (χ0v) is 11.0. The summed E-state index contributed by atoms with van der Waals surface area (Å²) in [4.78, 5) is 29.3. The van der Waals surface area contributed by atoms with Crippen molar-refractivity contribution in [1.29, 1.82) is 0 Å². The predicted octanol–water partition coefficient (Wildman–Crippen LogP) is 2.29. The van der Waals surface area contributed by atoms with Crippen LogP contribution >= 0.6 is 0 Å². The number of rotatable bonds is 1. The highest BCUT2D eigenvalue weighted by Gasteiger charge is 2.21. The molecule has 4 nitrogen and oxygen atoms in total. The molecule has 2 aromatic rings. The van der Waals surface area contributed by atoms with Crippen LogP contribution in [0.3, 0.4) is 0 Å². The third-order valence-corrected chi connectivity index (χ3v) is 3.72. The molecule has 0 spiro atoms. The van der Waals surface area contributed by atoms with E-state index in [-0.39, 0.29) is 16.9 Å². The van der Waals surface area contributed by atoms with Crippen LogP contribution in [0.2, 0.25) is 0 Å². The maximum Gasteiger partial charge on any atom is 0.259 e. The second kappa shape index (κ2) is 5.07. The topological polar surface area (TPSA) is 53.2 Å². The second-order valence-corrected chi connectivity index (χ2v) is 5.07. The monoisotopic (exact) mass is 274 g/mol. The van der Waals surface area contributed by atoms with Crippen LogP contribution in [0.5, 0.6) is 0 Å². The molecule has 1 aliphatic rings. The predicted molar refractivity (Wildman–Crippen MR) is 74.3 cm³/mol. The van der Waals surface area contributed by atoms with Gasteiger partial charge in [-0.05, 0) is 37.5 Å². The van der Waals surface area contributed by atoms with Crippen molar-refractivity contribution in [2.75, 3.05) is 13.1 Å². The van der Waals surface area contributed by atoms with Crippen molar-refractivity contribution in [2.24, 2.45) is 0 Å². The van der Waals surface area contributed by atoms with Crippen LogP contribution in [0.15, 0.2) is 29.2 Å². The molecule has 0 unspecified atom stereocenters.